The molecule has 0 bridgehead atoms. The Balaban J connectivity index is 1.86. The third-order valence-electron chi connectivity index (χ3n) is 4.61. The van der Waals surface area contributed by atoms with E-state index in [1.165, 1.54) is 10.7 Å². The number of fused-ring (bicyclic) bond motifs is 1. The fourth-order valence-electron chi connectivity index (χ4n) is 3.46. The Morgan fingerprint density at radius 2 is 2.05 bits per heavy atom. The van der Waals surface area contributed by atoms with Crippen molar-refractivity contribution in [2.45, 2.75) is 38.8 Å². The van der Waals surface area contributed by atoms with Gasteiger partial charge in [0.25, 0.3) is 0 Å². The topological polar surface area (TPSA) is 58.6 Å². The average Bonchev–Trinajstić information content (AvgIpc) is 2.34. The van der Waals surface area contributed by atoms with Gasteiger partial charge in [-0.05, 0) is 12.8 Å². The standard InChI is InChI=1S/C13H26N2O3S/c1-13(2)11(10-6-5-8-18-12(10)13)14-7-9-19(16,17)15(3)4/h10-12,14H,5-9H2,1-4H3. The van der Waals surface area contributed by atoms with Gasteiger partial charge >= 0.3 is 0 Å². The number of rotatable bonds is 5. The van der Waals surface area contributed by atoms with Crippen molar-refractivity contribution >= 4 is 10.0 Å². The predicted octanol–water partition coefficient (Wildman–Crippen LogP) is 0.671. The van der Waals surface area contributed by atoms with Crippen LogP contribution in [0.15, 0.2) is 0 Å². The van der Waals surface area contributed by atoms with Gasteiger partial charge in [-0.3, -0.25) is 0 Å². The van der Waals surface area contributed by atoms with Crippen molar-refractivity contribution in [3.05, 3.63) is 0 Å². The molecule has 1 saturated carbocycles. The molecule has 19 heavy (non-hydrogen) atoms. The van der Waals surface area contributed by atoms with Gasteiger partial charge in [-0.2, -0.15) is 0 Å². The van der Waals surface area contributed by atoms with Gasteiger partial charge in [-0.1, -0.05) is 13.8 Å². The lowest BCUT2D eigenvalue weighted by atomic mass is 9.55. The molecule has 112 valence electrons. The van der Waals surface area contributed by atoms with Gasteiger partial charge in [-0.25, -0.2) is 12.7 Å². The Morgan fingerprint density at radius 3 is 2.68 bits per heavy atom. The largest absolute Gasteiger partial charge is 0.377 e. The van der Waals surface area contributed by atoms with Crippen molar-refractivity contribution in [1.82, 2.24) is 9.62 Å². The van der Waals surface area contributed by atoms with Crippen LogP contribution in [-0.4, -0.2) is 57.9 Å². The Morgan fingerprint density at radius 1 is 1.37 bits per heavy atom. The summed E-state index contributed by atoms with van der Waals surface area (Å²) in [5, 5.41) is 3.43. The number of hydrogen-bond donors (Lipinski definition) is 1. The van der Waals surface area contributed by atoms with Gasteiger partial charge in [0.05, 0.1) is 11.9 Å². The van der Waals surface area contributed by atoms with E-state index in [1.54, 1.807) is 14.1 Å². The molecule has 0 amide bonds. The zero-order valence-corrected chi connectivity index (χ0v) is 13.2. The summed E-state index contributed by atoms with van der Waals surface area (Å²) >= 11 is 0. The molecule has 1 aliphatic heterocycles. The minimum atomic E-state index is -3.10. The lowest BCUT2D eigenvalue weighted by Gasteiger charge is -2.60. The zero-order chi connectivity index (χ0) is 14.3. The van der Waals surface area contributed by atoms with Crippen LogP contribution >= 0.6 is 0 Å². The van der Waals surface area contributed by atoms with Gasteiger partial charge in [0, 0.05) is 44.6 Å². The first-order valence-corrected chi connectivity index (χ1v) is 8.63. The molecular weight excluding hydrogens is 264 g/mol. The highest BCUT2D eigenvalue weighted by molar-refractivity contribution is 7.89. The molecule has 5 nitrogen and oxygen atoms in total. The van der Waals surface area contributed by atoms with Crippen LogP contribution in [0.3, 0.4) is 0 Å². The SMILES string of the molecule is CN(C)S(=O)(=O)CCNC1C2CCCOC2C1(C)C. The highest BCUT2D eigenvalue weighted by atomic mass is 32.2. The van der Waals surface area contributed by atoms with Crippen LogP contribution in [0.25, 0.3) is 0 Å². The van der Waals surface area contributed by atoms with Crippen molar-refractivity contribution in [3.8, 4) is 0 Å². The number of nitrogens with zero attached hydrogens (tertiary/aromatic N) is 1. The van der Waals surface area contributed by atoms with E-state index >= 15 is 0 Å². The first-order valence-electron chi connectivity index (χ1n) is 7.02. The molecule has 3 atom stereocenters. The van der Waals surface area contributed by atoms with Gasteiger partial charge in [-0.15, -0.1) is 0 Å². The molecule has 2 fully saturated rings. The molecule has 1 aliphatic carbocycles. The minimum Gasteiger partial charge on any atom is -0.377 e. The second-order valence-electron chi connectivity index (χ2n) is 6.45. The Labute approximate surface area is 116 Å². The van der Waals surface area contributed by atoms with Crippen LogP contribution in [0.2, 0.25) is 0 Å². The van der Waals surface area contributed by atoms with E-state index in [4.69, 9.17) is 4.74 Å². The second kappa shape index (κ2) is 5.31. The van der Waals surface area contributed by atoms with Crippen LogP contribution in [0.1, 0.15) is 26.7 Å². The zero-order valence-electron chi connectivity index (χ0n) is 12.3. The van der Waals surface area contributed by atoms with Crippen LogP contribution in [0.5, 0.6) is 0 Å². The van der Waals surface area contributed by atoms with Crippen LogP contribution in [0.4, 0.5) is 0 Å². The molecular formula is C13H26N2O3S. The van der Waals surface area contributed by atoms with Gasteiger partial charge < -0.3 is 10.1 Å². The smallest absolute Gasteiger partial charge is 0.214 e. The molecule has 0 spiro atoms. The van der Waals surface area contributed by atoms with Crippen LogP contribution in [0, 0.1) is 11.3 Å². The summed E-state index contributed by atoms with van der Waals surface area (Å²) in [7, 11) is 0.0490. The van der Waals surface area contributed by atoms with Crippen molar-refractivity contribution in [1.29, 1.82) is 0 Å². The fourth-order valence-corrected chi connectivity index (χ4v) is 4.20. The van der Waals surface area contributed by atoms with E-state index in [9.17, 15) is 8.42 Å². The Bertz CT molecular complexity index is 420. The molecule has 1 heterocycles. The molecule has 1 N–H and O–H groups in total. The van der Waals surface area contributed by atoms with Gasteiger partial charge in [0.1, 0.15) is 0 Å². The van der Waals surface area contributed by atoms with Gasteiger partial charge in [0.2, 0.25) is 10.0 Å². The van der Waals surface area contributed by atoms with E-state index in [0.29, 0.717) is 24.6 Å². The molecule has 2 rings (SSSR count). The average molecular weight is 290 g/mol. The molecule has 0 radical (unpaired) electrons. The molecule has 6 heteroatoms. The lowest BCUT2D eigenvalue weighted by Crippen LogP contribution is -2.69. The fraction of sp³-hybridized carbons (Fsp3) is 1.00. The summed E-state index contributed by atoms with van der Waals surface area (Å²) < 4.78 is 30.6. The van der Waals surface area contributed by atoms with E-state index < -0.39 is 10.0 Å². The van der Waals surface area contributed by atoms with Gasteiger partial charge in [0.15, 0.2) is 0 Å². The Hall–Kier alpha value is -0.170. The first-order chi connectivity index (χ1) is 8.77. The molecule has 3 unspecified atom stereocenters. The second-order valence-corrected chi connectivity index (χ2v) is 8.75. The van der Waals surface area contributed by atoms with E-state index in [1.807, 2.05) is 0 Å². The van der Waals surface area contributed by atoms with E-state index in [0.717, 1.165) is 13.0 Å². The van der Waals surface area contributed by atoms with Crippen molar-refractivity contribution in [2.24, 2.45) is 11.3 Å². The first kappa shape index (κ1) is 15.2. The Kier molecular flexibility index (Phi) is 4.26. The lowest BCUT2D eigenvalue weighted by molar-refractivity contribution is -0.192. The maximum absolute atomic E-state index is 11.7. The number of sulfonamides is 1. The monoisotopic (exact) mass is 290 g/mol. The maximum Gasteiger partial charge on any atom is 0.214 e. The van der Waals surface area contributed by atoms with Crippen molar-refractivity contribution in [2.75, 3.05) is 33.0 Å². The molecule has 2 aliphatic rings. The van der Waals surface area contributed by atoms with Crippen LogP contribution in [-0.2, 0) is 14.8 Å². The summed E-state index contributed by atoms with van der Waals surface area (Å²) in [4.78, 5) is 0. The molecule has 1 saturated heterocycles. The van der Waals surface area contributed by atoms with Crippen molar-refractivity contribution in [3.63, 3.8) is 0 Å². The molecule has 0 aromatic rings. The third kappa shape index (κ3) is 2.82. The highest BCUT2D eigenvalue weighted by Gasteiger charge is 2.57. The summed E-state index contributed by atoms with van der Waals surface area (Å²) in [6.07, 6.45) is 2.64. The van der Waals surface area contributed by atoms with E-state index in [2.05, 4.69) is 19.2 Å². The third-order valence-corrected chi connectivity index (χ3v) is 6.44. The summed E-state index contributed by atoms with van der Waals surface area (Å²) in [6, 6.07) is 0.371. The van der Waals surface area contributed by atoms with Crippen molar-refractivity contribution < 1.29 is 13.2 Å². The number of ether oxygens (including phenoxy) is 1. The highest BCUT2D eigenvalue weighted by Crippen LogP contribution is 2.51. The minimum absolute atomic E-state index is 0.104. The van der Waals surface area contributed by atoms with E-state index in [-0.39, 0.29) is 11.2 Å². The summed E-state index contributed by atoms with van der Waals surface area (Å²) in [6.45, 7) is 5.79. The quantitative estimate of drug-likeness (QED) is 0.808. The summed E-state index contributed by atoms with van der Waals surface area (Å²) in [5.41, 5.74) is 0.104. The maximum atomic E-state index is 11.7. The normalized spacial score (nSPS) is 33.8. The molecule has 0 aromatic carbocycles. The number of hydrogen-bond acceptors (Lipinski definition) is 4. The molecule has 0 aromatic heterocycles. The summed E-state index contributed by atoms with van der Waals surface area (Å²) in [5.74, 6) is 0.705. The number of nitrogens with one attached hydrogen (secondary N) is 1. The van der Waals surface area contributed by atoms with Crippen LogP contribution < -0.4 is 5.32 Å². The predicted molar refractivity (Wildman–Crippen MR) is 75.5 cm³/mol.